The molecule has 1 aromatic rings. The van der Waals surface area contributed by atoms with E-state index in [9.17, 15) is 8.42 Å². The minimum Gasteiger partial charge on any atom is -0.328 e. The summed E-state index contributed by atoms with van der Waals surface area (Å²) in [4.78, 5) is 0.455. The molecule has 2 aliphatic rings. The van der Waals surface area contributed by atoms with E-state index < -0.39 is 9.84 Å². The normalized spacial score (nSPS) is 27.3. The Balaban J connectivity index is 1.80. The van der Waals surface area contributed by atoms with Crippen LogP contribution in [0.25, 0.3) is 0 Å². The molecule has 1 heterocycles. The molecule has 4 nitrogen and oxygen atoms in total. The van der Waals surface area contributed by atoms with Crippen LogP contribution >= 0.6 is 0 Å². The standard InChI is InChI=1S/C16H24N2O2S/c17-12-16(18-10-3-4-13-7-8-13)9-11-21(19,20)15-6-2-1-5-14(15)16/h1-2,5-6,13,18H,3-4,7-12,17H2. The zero-order valence-electron chi connectivity index (χ0n) is 12.3. The summed E-state index contributed by atoms with van der Waals surface area (Å²) in [6.07, 6.45) is 5.73. The van der Waals surface area contributed by atoms with Crippen molar-refractivity contribution in [2.45, 2.75) is 42.5 Å². The van der Waals surface area contributed by atoms with E-state index in [0.717, 1.165) is 24.4 Å². The molecule has 0 spiro atoms. The van der Waals surface area contributed by atoms with Crippen LogP contribution in [0.1, 0.15) is 37.7 Å². The van der Waals surface area contributed by atoms with Gasteiger partial charge < -0.3 is 11.1 Å². The van der Waals surface area contributed by atoms with Crippen molar-refractivity contribution in [1.29, 1.82) is 0 Å². The number of hydrogen-bond donors (Lipinski definition) is 2. The molecule has 116 valence electrons. The van der Waals surface area contributed by atoms with E-state index in [0.29, 0.717) is 17.9 Å². The summed E-state index contributed by atoms with van der Waals surface area (Å²) in [5, 5.41) is 3.57. The first-order valence-corrected chi connectivity index (χ1v) is 9.50. The van der Waals surface area contributed by atoms with Gasteiger partial charge in [0.2, 0.25) is 0 Å². The van der Waals surface area contributed by atoms with Gasteiger partial charge in [-0.25, -0.2) is 8.42 Å². The maximum atomic E-state index is 12.2. The van der Waals surface area contributed by atoms with E-state index in [1.165, 1.54) is 19.3 Å². The molecule has 1 aliphatic heterocycles. The average Bonchev–Trinajstić information content (AvgIpc) is 3.31. The molecular formula is C16H24N2O2S. The molecule has 0 aromatic heterocycles. The van der Waals surface area contributed by atoms with Crippen LogP contribution in [0.5, 0.6) is 0 Å². The maximum Gasteiger partial charge on any atom is 0.178 e. The van der Waals surface area contributed by atoms with Crippen LogP contribution in [-0.2, 0) is 15.4 Å². The minimum absolute atomic E-state index is 0.177. The van der Waals surface area contributed by atoms with Crippen molar-refractivity contribution in [3.63, 3.8) is 0 Å². The molecule has 0 saturated heterocycles. The van der Waals surface area contributed by atoms with Crippen LogP contribution in [0.4, 0.5) is 0 Å². The van der Waals surface area contributed by atoms with E-state index in [1.54, 1.807) is 12.1 Å². The Hall–Kier alpha value is -0.910. The zero-order valence-corrected chi connectivity index (χ0v) is 13.2. The molecule has 1 aliphatic carbocycles. The molecule has 0 bridgehead atoms. The molecule has 0 radical (unpaired) electrons. The summed E-state index contributed by atoms with van der Waals surface area (Å²) in [7, 11) is -3.15. The first-order chi connectivity index (χ1) is 10.1. The average molecular weight is 308 g/mol. The lowest BCUT2D eigenvalue weighted by Gasteiger charge is -2.39. The molecule has 1 saturated carbocycles. The number of benzene rings is 1. The van der Waals surface area contributed by atoms with Crippen LogP contribution in [0.2, 0.25) is 0 Å². The van der Waals surface area contributed by atoms with Gasteiger partial charge in [-0.3, -0.25) is 0 Å². The number of nitrogens with two attached hydrogens (primary N) is 1. The van der Waals surface area contributed by atoms with Gasteiger partial charge in [-0.15, -0.1) is 0 Å². The lowest BCUT2D eigenvalue weighted by molar-refractivity contribution is 0.313. The highest BCUT2D eigenvalue weighted by Gasteiger charge is 2.40. The van der Waals surface area contributed by atoms with Crippen LogP contribution in [0.3, 0.4) is 0 Å². The molecule has 3 rings (SSSR count). The van der Waals surface area contributed by atoms with Crippen molar-refractivity contribution in [3.8, 4) is 0 Å². The molecule has 1 unspecified atom stereocenters. The van der Waals surface area contributed by atoms with Gasteiger partial charge in [0.25, 0.3) is 0 Å². The Morgan fingerprint density at radius 3 is 2.76 bits per heavy atom. The number of rotatable bonds is 6. The highest BCUT2D eigenvalue weighted by molar-refractivity contribution is 7.91. The third-order valence-corrected chi connectivity index (χ3v) is 6.60. The van der Waals surface area contributed by atoms with E-state index in [1.807, 2.05) is 12.1 Å². The highest BCUT2D eigenvalue weighted by Crippen LogP contribution is 2.37. The number of hydrogen-bond acceptors (Lipinski definition) is 4. The van der Waals surface area contributed by atoms with Crippen molar-refractivity contribution in [3.05, 3.63) is 29.8 Å². The number of sulfone groups is 1. The smallest absolute Gasteiger partial charge is 0.178 e. The monoisotopic (exact) mass is 308 g/mol. The second kappa shape index (κ2) is 5.71. The molecule has 0 amide bonds. The molecule has 21 heavy (non-hydrogen) atoms. The molecule has 5 heteroatoms. The van der Waals surface area contributed by atoms with Gasteiger partial charge in [-0.05, 0) is 43.4 Å². The van der Waals surface area contributed by atoms with Crippen LogP contribution in [-0.4, -0.2) is 27.3 Å². The van der Waals surface area contributed by atoms with E-state index in [4.69, 9.17) is 5.73 Å². The molecule has 3 N–H and O–H groups in total. The van der Waals surface area contributed by atoms with Gasteiger partial charge in [0.05, 0.1) is 16.2 Å². The van der Waals surface area contributed by atoms with Crippen molar-refractivity contribution >= 4 is 9.84 Å². The van der Waals surface area contributed by atoms with Gasteiger partial charge in [0.1, 0.15) is 0 Å². The first kappa shape index (κ1) is 15.0. The Morgan fingerprint density at radius 1 is 1.29 bits per heavy atom. The fourth-order valence-electron chi connectivity index (χ4n) is 3.28. The van der Waals surface area contributed by atoms with Crippen LogP contribution in [0.15, 0.2) is 29.2 Å². The fraction of sp³-hybridized carbons (Fsp3) is 0.625. The highest BCUT2D eigenvalue weighted by atomic mass is 32.2. The number of fused-ring (bicyclic) bond motifs is 1. The summed E-state index contributed by atoms with van der Waals surface area (Å²) in [5.74, 6) is 1.11. The summed E-state index contributed by atoms with van der Waals surface area (Å²) >= 11 is 0. The lowest BCUT2D eigenvalue weighted by atomic mass is 9.86. The van der Waals surface area contributed by atoms with Crippen molar-refractivity contribution in [2.75, 3.05) is 18.8 Å². The topological polar surface area (TPSA) is 72.2 Å². The van der Waals surface area contributed by atoms with Crippen LogP contribution in [0, 0.1) is 5.92 Å². The number of nitrogens with one attached hydrogen (secondary N) is 1. The maximum absolute atomic E-state index is 12.2. The van der Waals surface area contributed by atoms with Gasteiger partial charge in [-0.2, -0.15) is 0 Å². The van der Waals surface area contributed by atoms with Gasteiger partial charge in [0, 0.05) is 6.54 Å². The predicted octanol–water partition coefficient (Wildman–Crippen LogP) is 1.80. The summed E-state index contributed by atoms with van der Waals surface area (Å²) in [6.45, 7) is 1.34. The summed E-state index contributed by atoms with van der Waals surface area (Å²) < 4.78 is 24.5. The Bertz CT molecular complexity index is 610. The fourth-order valence-corrected chi connectivity index (χ4v) is 5.00. The summed E-state index contributed by atoms with van der Waals surface area (Å²) in [5.41, 5.74) is 6.51. The van der Waals surface area contributed by atoms with E-state index in [2.05, 4.69) is 5.32 Å². The van der Waals surface area contributed by atoms with E-state index in [-0.39, 0.29) is 11.3 Å². The summed E-state index contributed by atoms with van der Waals surface area (Å²) in [6, 6.07) is 7.30. The minimum atomic E-state index is -3.15. The SMILES string of the molecule is NCC1(NCCCC2CC2)CCS(=O)(=O)c2ccccc21. The molecule has 1 aromatic carbocycles. The Labute approximate surface area is 127 Å². The second-order valence-electron chi connectivity index (χ2n) is 6.36. The molecular weight excluding hydrogens is 284 g/mol. The van der Waals surface area contributed by atoms with Crippen LogP contribution < -0.4 is 11.1 Å². The third kappa shape index (κ3) is 3.00. The first-order valence-electron chi connectivity index (χ1n) is 7.85. The van der Waals surface area contributed by atoms with Gasteiger partial charge in [-0.1, -0.05) is 31.0 Å². The quantitative estimate of drug-likeness (QED) is 0.786. The van der Waals surface area contributed by atoms with Crippen molar-refractivity contribution in [2.24, 2.45) is 11.7 Å². The Kier molecular flexibility index (Phi) is 4.08. The van der Waals surface area contributed by atoms with Gasteiger partial charge in [0.15, 0.2) is 9.84 Å². The Morgan fingerprint density at radius 2 is 2.05 bits per heavy atom. The van der Waals surface area contributed by atoms with Crippen molar-refractivity contribution in [1.82, 2.24) is 5.32 Å². The largest absolute Gasteiger partial charge is 0.328 e. The zero-order chi connectivity index (χ0) is 14.9. The van der Waals surface area contributed by atoms with Crippen molar-refractivity contribution < 1.29 is 8.42 Å². The molecule has 1 fully saturated rings. The molecule has 1 atom stereocenters. The van der Waals surface area contributed by atoms with E-state index >= 15 is 0 Å². The predicted molar refractivity (Wildman–Crippen MR) is 83.8 cm³/mol. The third-order valence-electron chi connectivity index (χ3n) is 4.83. The lowest BCUT2D eigenvalue weighted by Crippen LogP contribution is -2.52. The van der Waals surface area contributed by atoms with Gasteiger partial charge >= 0.3 is 0 Å². The second-order valence-corrected chi connectivity index (χ2v) is 8.44.